The number of carbonyl (C=O) groups excluding carboxylic acids is 1. The fourth-order valence-electron chi connectivity index (χ4n) is 2.95. The molecule has 0 saturated heterocycles. The standard InChI is InChI=1S/C20H16N4O4/c1-12(18-22-16-9-5-2-6-13(16)19(26)23-18)28-17(25)10-24-11-21-15-8-4-3-7-14(15)20(24)27/h2-9,11-12H,10H2,1H3,(H,22,23,26)/t12-/m0/s1. The maximum atomic E-state index is 12.5. The Morgan fingerprint density at radius 2 is 1.75 bits per heavy atom. The minimum atomic E-state index is -0.783. The van der Waals surface area contributed by atoms with Gasteiger partial charge < -0.3 is 9.72 Å². The first kappa shape index (κ1) is 17.6. The molecule has 0 aliphatic rings. The number of fused-ring (bicyclic) bond motifs is 2. The first-order chi connectivity index (χ1) is 13.5. The molecule has 4 aromatic rings. The molecular formula is C20H16N4O4. The van der Waals surface area contributed by atoms with Gasteiger partial charge in [-0.1, -0.05) is 24.3 Å². The van der Waals surface area contributed by atoms with Crippen LogP contribution in [-0.4, -0.2) is 25.5 Å². The quantitative estimate of drug-likeness (QED) is 0.546. The third kappa shape index (κ3) is 3.27. The van der Waals surface area contributed by atoms with Crippen molar-refractivity contribution >= 4 is 27.8 Å². The van der Waals surface area contributed by atoms with Crippen molar-refractivity contribution in [1.29, 1.82) is 0 Å². The number of aromatic amines is 1. The van der Waals surface area contributed by atoms with Gasteiger partial charge in [-0.3, -0.25) is 19.0 Å². The minimum Gasteiger partial charge on any atom is -0.453 e. The summed E-state index contributed by atoms with van der Waals surface area (Å²) in [6, 6.07) is 13.8. The van der Waals surface area contributed by atoms with Crippen LogP contribution in [0.15, 0.2) is 64.4 Å². The molecule has 4 rings (SSSR count). The van der Waals surface area contributed by atoms with Gasteiger partial charge in [0.05, 0.1) is 28.1 Å². The summed E-state index contributed by atoms with van der Waals surface area (Å²) < 4.78 is 6.54. The third-order valence-electron chi connectivity index (χ3n) is 4.36. The van der Waals surface area contributed by atoms with E-state index in [1.54, 1.807) is 55.5 Å². The van der Waals surface area contributed by atoms with Gasteiger partial charge in [0.1, 0.15) is 6.54 Å². The topological polar surface area (TPSA) is 107 Å². The molecule has 0 amide bonds. The van der Waals surface area contributed by atoms with E-state index in [4.69, 9.17) is 4.74 Å². The van der Waals surface area contributed by atoms with Crippen LogP contribution in [0.25, 0.3) is 21.8 Å². The zero-order chi connectivity index (χ0) is 19.7. The number of benzene rings is 2. The molecule has 2 heterocycles. The second-order valence-corrected chi connectivity index (χ2v) is 6.30. The molecule has 0 bridgehead atoms. The number of nitrogens with zero attached hydrogens (tertiary/aromatic N) is 3. The second-order valence-electron chi connectivity index (χ2n) is 6.30. The van der Waals surface area contributed by atoms with Crippen molar-refractivity contribution in [2.75, 3.05) is 0 Å². The molecule has 1 atom stereocenters. The average molecular weight is 376 g/mol. The van der Waals surface area contributed by atoms with Crippen molar-refractivity contribution in [2.45, 2.75) is 19.6 Å². The van der Waals surface area contributed by atoms with E-state index in [0.29, 0.717) is 21.8 Å². The van der Waals surface area contributed by atoms with Gasteiger partial charge in [-0.05, 0) is 31.2 Å². The summed E-state index contributed by atoms with van der Waals surface area (Å²) >= 11 is 0. The van der Waals surface area contributed by atoms with Crippen LogP contribution < -0.4 is 11.1 Å². The minimum absolute atomic E-state index is 0.237. The molecule has 0 fully saturated rings. The van der Waals surface area contributed by atoms with Crippen LogP contribution in [0.1, 0.15) is 18.9 Å². The highest BCUT2D eigenvalue weighted by atomic mass is 16.5. The summed E-state index contributed by atoms with van der Waals surface area (Å²) in [5.41, 5.74) is 0.438. The van der Waals surface area contributed by atoms with Crippen LogP contribution in [0, 0.1) is 0 Å². The van der Waals surface area contributed by atoms with Gasteiger partial charge in [0.25, 0.3) is 11.1 Å². The lowest BCUT2D eigenvalue weighted by Gasteiger charge is -2.13. The Hall–Kier alpha value is -3.81. The summed E-state index contributed by atoms with van der Waals surface area (Å²) in [7, 11) is 0. The summed E-state index contributed by atoms with van der Waals surface area (Å²) in [6.07, 6.45) is 0.529. The average Bonchev–Trinajstić information content (AvgIpc) is 2.70. The fraction of sp³-hybridized carbons (Fsp3) is 0.150. The van der Waals surface area contributed by atoms with Crippen LogP contribution in [0.3, 0.4) is 0 Å². The maximum absolute atomic E-state index is 12.5. The van der Waals surface area contributed by atoms with Gasteiger partial charge in [-0.2, -0.15) is 0 Å². The monoisotopic (exact) mass is 376 g/mol. The van der Waals surface area contributed by atoms with Gasteiger partial charge in [0.15, 0.2) is 11.9 Å². The predicted octanol–water partition coefficient (Wildman–Crippen LogP) is 1.94. The smallest absolute Gasteiger partial charge is 0.326 e. The van der Waals surface area contributed by atoms with Gasteiger partial charge in [-0.15, -0.1) is 0 Å². The highest BCUT2D eigenvalue weighted by Crippen LogP contribution is 2.14. The number of esters is 1. The molecule has 1 N–H and O–H groups in total. The van der Waals surface area contributed by atoms with Gasteiger partial charge in [0.2, 0.25) is 0 Å². The highest BCUT2D eigenvalue weighted by Gasteiger charge is 2.17. The van der Waals surface area contributed by atoms with Crippen molar-refractivity contribution in [3.8, 4) is 0 Å². The lowest BCUT2D eigenvalue weighted by atomic mass is 10.2. The van der Waals surface area contributed by atoms with Crippen molar-refractivity contribution < 1.29 is 9.53 Å². The third-order valence-corrected chi connectivity index (χ3v) is 4.36. The Balaban J connectivity index is 1.55. The molecule has 0 aliphatic heterocycles. The van der Waals surface area contributed by atoms with Gasteiger partial charge in [-0.25, -0.2) is 9.97 Å². The number of hydrogen-bond acceptors (Lipinski definition) is 6. The lowest BCUT2D eigenvalue weighted by Crippen LogP contribution is -2.26. The highest BCUT2D eigenvalue weighted by molar-refractivity contribution is 5.78. The molecule has 0 aliphatic carbocycles. The van der Waals surface area contributed by atoms with E-state index in [2.05, 4.69) is 15.0 Å². The van der Waals surface area contributed by atoms with E-state index in [1.807, 2.05) is 0 Å². The van der Waals surface area contributed by atoms with Crippen LogP contribution in [0.2, 0.25) is 0 Å². The van der Waals surface area contributed by atoms with Crippen molar-refractivity contribution in [3.63, 3.8) is 0 Å². The summed E-state index contributed by atoms with van der Waals surface area (Å²) in [4.78, 5) is 48.1. The molecule has 0 unspecified atom stereocenters. The van der Waals surface area contributed by atoms with Crippen molar-refractivity contribution in [3.05, 3.63) is 81.4 Å². The van der Waals surface area contributed by atoms with Gasteiger partial charge >= 0.3 is 5.97 Å². The molecule has 8 nitrogen and oxygen atoms in total. The van der Waals surface area contributed by atoms with Crippen LogP contribution >= 0.6 is 0 Å². The zero-order valence-electron chi connectivity index (χ0n) is 15.0. The molecule has 0 saturated carbocycles. The van der Waals surface area contributed by atoms with Gasteiger partial charge in [0, 0.05) is 0 Å². The normalized spacial score (nSPS) is 12.2. The SMILES string of the molecule is C[C@H](OC(=O)Cn1cnc2ccccc2c1=O)c1nc2ccccc2c(=O)[nH]1. The van der Waals surface area contributed by atoms with E-state index in [1.165, 1.54) is 10.9 Å². The number of hydrogen-bond donors (Lipinski definition) is 1. The predicted molar refractivity (Wildman–Crippen MR) is 103 cm³/mol. The van der Waals surface area contributed by atoms with Crippen molar-refractivity contribution in [2.24, 2.45) is 0 Å². The number of aromatic nitrogens is 4. The summed E-state index contributed by atoms with van der Waals surface area (Å²) in [6.45, 7) is 1.31. The number of H-pyrrole nitrogens is 1. The Labute approximate surface area is 158 Å². The molecular weight excluding hydrogens is 360 g/mol. The number of nitrogens with one attached hydrogen (secondary N) is 1. The first-order valence-corrected chi connectivity index (χ1v) is 8.65. The number of carbonyl (C=O) groups is 1. The number of rotatable bonds is 4. The number of para-hydroxylation sites is 2. The molecule has 0 spiro atoms. The molecule has 28 heavy (non-hydrogen) atoms. The summed E-state index contributed by atoms with van der Waals surface area (Å²) in [5.74, 6) is -0.400. The lowest BCUT2D eigenvalue weighted by molar-refractivity contribution is -0.149. The molecule has 2 aromatic heterocycles. The van der Waals surface area contributed by atoms with Crippen LogP contribution in [0.4, 0.5) is 0 Å². The van der Waals surface area contributed by atoms with E-state index in [9.17, 15) is 14.4 Å². The van der Waals surface area contributed by atoms with E-state index < -0.39 is 12.1 Å². The number of ether oxygens (including phenoxy) is 1. The van der Waals surface area contributed by atoms with Crippen LogP contribution in [0.5, 0.6) is 0 Å². The molecule has 140 valence electrons. The zero-order valence-corrected chi connectivity index (χ0v) is 15.0. The summed E-state index contributed by atoms with van der Waals surface area (Å²) in [5, 5.41) is 0.880. The Kier molecular flexibility index (Phi) is 4.44. The Morgan fingerprint density at radius 3 is 2.54 bits per heavy atom. The first-order valence-electron chi connectivity index (χ1n) is 8.65. The van der Waals surface area contributed by atoms with Crippen LogP contribution in [-0.2, 0) is 16.1 Å². The molecule has 2 aromatic carbocycles. The van der Waals surface area contributed by atoms with E-state index in [-0.39, 0.29) is 23.5 Å². The maximum Gasteiger partial charge on any atom is 0.326 e. The molecule has 0 radical (unpaired) electrons. The van der Waals surface area contributed by atoms with Crippen molar-refractivity contribution in [1.82, 2.24) is 19.5 Å². The largest absolute Gasteiger partial charge is 0.453 e. The molecule has 8 heteroatoms. The Morgan fingerprint density at radius 1 is 1.07 bits per heavy atom. The van der Waals surface area contributed by atoms with E-state index >= 15 is 0 Å². The second kappa shape index (κ2) is 7.07. The Bertz CT molecular complexity index is 1310. The fourth-order valence-corrected chi connectivity index (χ4v) is 2.95. The van der Waals surface area contributed by atoms with E-state index in [0.717, 1.165) is 0 Å².